The van der Waals surface area contributed by atoms with Gasteiger partial charge in [0, 0.05) is 0 Å². The van der Waals surface area contributed by atoms with Gasteiger partial charge in [0.25, 0.3) is 0 Å². The third-order valence-electron chi connectivity index (χ3n) is 11.0. The van der Waals surface area contributed by atoms with Crippen LogP contribution < -0.4 is 31.8 Å². The number of aryl methyl sites for hydroxylation is 2. The molecule has 0 bridgehead atoms. The van der Waals surface area contributed by atoms with Crippen molar-refractivity contribution in [3.63, 3.8) is 0 Å². The average Bonchev–Trinajstić information content (AvgIpc) is 3.15. The van der Waals surface area contributed by atoms with Crippen molar-refractivity contribution in [2.24, 2.45) is 0 Å². The summed E-state index contributed by atoms with van der Waals surface area (Å²) in [5.41, 5.74) is 6.15. The van der Waals surface area contributed by atoms with E-state index in [1.165, 1.54) is 105 Å². The lowest BCUT2D eigenvalue weighted by Crippen LogP contribution is -2.25. The molecule has 0 aliphatic heterocycles. The van der Waals surface area contributed by atoms with Crippen LogP contribution in [-0.4, -0.2) is 0 Å². The van der Waals surface area contributed by atoms with Gasteiger partial charge >= 0.3 is 0 Å². The van der Waals surface area contributed by atoms with Crippen molar-refractivity contribution in [2.45, 2.75) is 130 Å². The van der Waals surface area contributed by atoms with Crippen LogP contribution in [0.1, 0.15) is 129 Å². The highest BCUT2D eigenvalue weighted by molar-refractivity contribution is 7.80. The smallest absolute Gasteiger partial charge is 0.0104 e. The fraction of sp³-hybridized carbons (Fsp3) is 0.400. The molecule has 5 rings (SSSR count). The molecular weight excluding hydrogens is 662 g/mol. The summed E-state index contributed by atoms with van der Waals surface area (Å²) in [7, 11) is -1.38. The summed E-state index contributed by atoms with van der Waals surface area (Å²) >= 11 is 0. The third-order valence-corrected chi connectivity index (χ3v) is 15.8. The normalized spacial score (nSPS) is 13.2. The van der Waals surface area contributed by atoms with E-state index in [-0.39, 0.29) is 10.8 Å². The molecule has 2 atom stereocenters. The highest BCUT2D eigenvalue weighted by Gasteiger charge is 2.24. The Kier molecular flexibility index (Phi) is 14.5. The van der Waals surface area contributed by atoms with Gasteiger partial charge in [-0.05, 0) is 119 Å². The second kappa shape index (κ2) is 18.8. The predicted molar refractivity (Wildman–Crippen MR) is 237 cm³/mol. The van der Waals surface area contributed by atoms with Gasteiger partial charge in [-0.15, -0.1) is 0 Å². The zero-order valence-corrected chi connectivity index (χ0v) is 35.3. The van der Waals surface area contributed by atoms with Crippen LogP contribution in [0.25, 0.3) is 0 Å². The molecule has 0 N–H and O–H groups in total. The summed E-state index contributed by atoms with van der Waals surface area (Å²) in [6.07, 6.45) is 12.1. The minimum atomic E-state index is -0.692. The summed E-state index contributed by atoms with van der Waals surface area (Å²) in [6, 6.07) is 48.2. The van der Waals surface area contributed by atoms with Gasteiger partial charge in [0.05, 0.1) is 0 Å². The number of benzene rings is 5. The fourth-order valence-corrected chi connectivity index (χ4v) is 12.2. The predicted octanol–water partition coefficient (Wildman–Crippen LogP) is 12.0. The molecule has 5 aromatic rings. The molecule has 2 heteroatoms. The molecule has 52 heavy (non-hydrogen) atoms. The summed E-state index contributed by atoms with van der Waals surface area (Å²) < 4.78 is 0. The quantitative estimate of drug-likeness (QED) is 0.0789. The van der Waals surface area contributed by atoms with E-state index in [2.05, 4.69) is 177 Å². The molecule has 0 heterocycles. The minimum absolute atomic E-state index is 0.188. The zero-order chi connectivity index (χ0) is 37.1. The Bertz CT molecular complexity index is 1640. The number of unbranched alkanes of at least 4 members (excludes halogenated alkanes) is 2. The topological polar surface area (TPSA) is 0 Å². The number of rotatable bonds is 18. The summed E-state index contributed by atoms with van der Waals surface area (Å²) in [6.45, 7) is 18.7. The Hall–Kier alpha value is -3.04. The second-order valence-electron chi connectivity index (χ2n) is 16.1. The minimum Gasteiger partial charge on any atom is -0.0654 e. The van der Waals surface area contributed by atoms with Gasteiger partial charge in [-0.25, -0.2) is 0 Å². The molecule has 0 aromatic heterocycles. The van der Waals surface area contributed by atoms with Gasteiger partial charge in [-0.3, -0.25) is 0 Å². The van der Waals surface area contributed by atoms with E-state index >= 15 is 0 Å². The van der Waals surface area contributed by atoms with E-state index in [0.29, 0.717) is 0 Å². The molecule has 0 saturated carbocycles. The maximum absolute atomic E-state index is 2.45. The lowest BCUT2D eigenvalue weighted by molar-refractivity contribution is 0.473. The van der Waals surface area contributed by atoms with Gasteiger partial charge in [-0.2, -0.15) is 0 Å². The van der Waals surface area contributed by atoms with E-state index in [0.717, 1.165) is 12.8 Å². The molecule has 0 nitrogen and oxygen atoms in total. The monoisotopic (exact) mass is 726 g/mol. The Labute approximate surface area is 320 Å². The average molecular weight is 727 g/mol. The summed E-state index contributed by atoms with van der Waals surface area (Å²) in [4.78, 5) is 0. The standard InChI is InChI=1S/C50H64P2/c1-9-13-15-39-17-25-43(26-18-39)51(45-29-21-41(22-30-45)49(5,6)37-11-3)47-33-35-48(36-34-47)52(44-27-19-40(20-28-44)16-14-10-2)46-31-23-42(24-32-46)50(7,8)38-12-4/h17-36H,9-16,37-38H2,1-8H3. The summed E-state index contributed by atoms with van der Waals surface area (Å²) in [5, 5.41) is 8.55. The van der Waals surface area contributed by atoms with Crippen LogP contribution >= 0.6 is 15.8 Å². The van der Waals surface area contributed by atoms with Gasteiger partial charge in [-0.1, -0.05) is 202 Å². The van der Waals surface area contributed by atoms with Crippen LogP contribution in [0.3, 0.4) is 0 Å². The van der Waals surface area contributed by atoms with E-state index in [1.807, 2.05) is 0 Å². The van der Waals surface area contributed by atoms with Crippen LogP contribution in [0.4, 0.5) is 0 Å². The molecule has 0 aliphatic carbocycles. The lowest BCUT2D eigenvalue weighted by atomic mass is 9.81. The van der Waals surface area contributed by atoms with Gasteiger partial charge in [0.15, 0.2) is 0 Å². The number of hydrogen-bond acceptors (Lipinski definition) is 0. The van der Waals surface area contributed by atoms with Crippen LogP contribution in [0.2, 0.25) is 0 Å². The number of hydrogen-bond donors (Lipinski definition) is 0. The van der Waals surface area contributed by atoms with Crippen LogP contribution in [0.15, 0.2) is 121 Å². The second-order valence-corrected chi connectivity index (χ2v) is 20.5. The molecule has 2 unspecified atom stereocenters. The van der Waals surface area contributed by atoms with Gasteiger partial charge in [0.1, 0.15) is 0 Å². The molecule has 0 spiro atoms. The van der Waals surface area contributed by atoms with Crippen molar-refractivity contribution in [1.29, 1.82) is 0 Å². The van der Waals surface area contributed by atoms with Gasteiger partial charge < -0.3 is 0 Å². The lowest BCUT2D eigenvalue weighted by Gasteiger charge is -2.27. The van der Waals surface area contributed by atoms with E-state index in [1.54, 1.807) is 0 Å². The maximum Gasteiger partial charge on any atom is -0.0104 e. The Morgan fingerprint density at radius 3 is 0.846 bits per heavy atom. The Balaban J connectivity index is 1.54. The molecule has 0 radical (unpaired) electrons. The van der Waals surface area contributed by atoms with Crippen LogP contribution in [0, 0.1) is 0 Å². The fourth-order valence-electron chi connectivity index (χ4n) is 7.69. The van der Waals surface area contributed by atoms with Crippen molar-refractivity contribution in [2.75, 3.05) is 0 Å². The molecule has 0 amide bonds. The molecular formula is C50H64P2. The Morgan fingerprint density at radius 2 is 0.596 bits per heavy atom. The van der Waals surface area contributed by atoms with Crippen LogP contribution in [-0.2, 0) is 23.7 Å². The molecule has 0 fully saturated rings. The first-order valence-electron chi connectivity index (χ1n) is 20.2. The summed E-state index contributed by atoms with van der Waals surface area (Å²) in [5.74, 6) is 0. The molecule has 0 aliphatic rings. The molecule has 274 valence electrons. The SMILES string of the molecule is CCCCc1ccc(P(c2ccc(P(c3ccc(CCCC)cc3)c3ccc(C(C)(C)CCC)cc3)cc2)c2ccc(C(C)(C)CCC)cc2)cc1. The van der Waals surface area contributed by atoms with Crippen molar-refractivity contribution >= 4 is 47.7 Å². The largest absolute Gasteiger partial charge is 0.0654 e. The third kappa shape index (κ3) is 10.1. The van der Waals surface area contributed by atoms with Crippen molar-refractivity contribution in [1.82, 2.24) is 0 Å². The van der Waals surface area contributed by atoms with E-state index in [4.69, 9.17) is 0 Å². The van der Waals surface area contributed by atoms with Crippen molar-refractivity contribution < 1.29 is 0 Å². The first kappa shape index (κ1) is 40.2. The highest BCUT2D eigenvalue weighted by Crippen LogP contribution is 2.38. The van der Waals surface area contributed by atoms with Crippen molar-refractivity contribution in [3.05, 3.63) is 144 Å². The van der Waals surface area contributed by atoms with E-state index in [9.17, 15) is 0 Å². The van der Waals surface area contributed by atoms with Crippen LogP contribution in [0.5, 0.6) is 0 Å². The Morgan fingerprint density at radius 1 is 0.346 bits per heavy atom. The van der Waals surface area contributed by atoms with E-state index < -0.39 is 15.8 Å². The van der Waals surface area contributed by atoms with Gasteiger partial charge in [0.2, 0.25) is 0 Å². The molecule has 5 aromatic carbocycles. The first-order chi connectivity index (χ1) is 25.1. The zero-order valence-electron chi connectivity index (χ0n) is 33.5. The van der Waals surface area contributed by atoms with Crippen molar-refractivity contribution in [3.8, 4) is 0 Å². The first-order valence-corrected chi connectivity index (χ1v) is 22.9. The maximum atomic E-state index is 2.45. The molecule has 0 saturated heterocycles. The highest BCUT2D eigenvalue weighted by atomic mass is 31.1.